The molecule has 0 aromatic rings. The number of methoxy groups -OCH3 is 2. The van der Waals surface area contributed by atoms with Gasteiger partial charge in [0.15, 0.2) is 0 Å². The van der Waals surface area contributed by atoms with E-state index < -0.39 is 23.8 Å². The highest BCUT2D eigenvalue weighted by Gasteiger charge is 2.27. The van der Waals surface area contributed by atoms with Crippen LogP contribution in [0.5, 0.6) is 0 Å². The molecule has 0 aromatic heterocycles. The fourth-order valence-electron chi connectivity index (χ4n) is 0.552. The van der Waals surface area contributed by atoms with Crippen LogP contribution in [-0.2, 0) is 19.1 Å². The Balaban J connectivity index is 4.72. The molecule has 0 aliphatic rings. The zero-order chi connectivity index (χ0) is 10.4. The van der Waals surface area contributed by atoms with Gasteiger partial charge in [0.2, 0.25) is 5.78 Å². The molecule has 74 valence electrons. The zero-order valence-corrected chi connectivity index (χ0v) is 7.04. The van der Waals surface area contributed by atoms with E-state index in [1.165, 1.54) is 0 Å². The van der Waals surface area contributed by atoms with Gasteiger partial charge in [0, 0.05) is 0 Å². The maximum atomic E-state index is 11.8. The molecule has 0 N–H and O–H groups in total. The molecule has 0 aliphatic heterocycles. The lowest BCUT2D eigenvalue weighted by Crippen LogP contribution is -2.20. The number of ketones is 1. The summed E-state index contributed by atoms with van der Waals surface area (Å²) in [4.78, 5) is 21.4. The Bertz CT molecular complexity index is 235. The second kappa shape index (κ2) is 5.23. The van der Waals surface area contributed by atoms with Crippen LogP contribution in [0.1, 0.15) is 0 Å². The van der Waals surface area contributed by atoms with Gasteiger partial charge in [-0.25, -0.2) is 13.6 Å². The summed E-state index contributed by atoms with van der Waals surface area (Å²) in [7, 11) is 2.10. The van der Waals surface area contributed by atoms with Crippen molar-refractivity contribution in [1.29, 1.82) is 0 Å². The summed E-state index contributed by atoms with van der Waals surface area (Å²) in [6.07, 6.45) is -2.62. The van der Waals surface area contributed by atoms with Gasteiger partial charge in [-0.05, 0) is 0 Å². The van der Waals surface area contributed by atoms with E-state index in [0.29, 0.717) is 6.26 Å². The quantitative estimate of drug-likeness (QED) is 0.215. The first-order valence-electron chi connectivity index (χ1n) is 3.18. The standard InChI is InChI=1S/C7H8F2O4/c1-12-3-4(7(11)13-2)5(10)6(8)9/h3,6H,1-2H3/b4-3-. The highest BCUT2D eigenvalue weighted by molar-refractivity contribution is 6.18. The number of hydrogen-bond donors (Lipinski definition) is 0. The van der Waals surface area contributed by atoms with Crippen LogP contribution in [0, 0.1) is 0 Å². The number of rotatable bonds is 4. The minimum Gasteiger partial charge on any atom is -0.503 e. The summed E-state index contributed by atoms with van der Waals surface area (Å²) in [6.45, 7) is 0. The highest BCUT2D eigenvalue weighted by atomic mass is 19.3. The van der Waals surface area contributed by atoms with Crippen molar-refractivity contribution in [1.82, 2.24) is 0 Å². The third-order valence-corrected chi connectivity index (χ3v) is 1.10. The number of Topliss-reactive ketones (excluding diaryl/α,β-unsaturated/α-hetero) is 1. The van der Waals surface area contributed by atoms with Crippen molar-refractivity contribution in [2.45, 2.75) is 6.43 Å². The Morgan fingerprint density at radius 3 is 2.15 bits per heavy atom. The van der Waals surface area contributed by atoms with Gasteiger partial charge >= 0.3 is 12.4 Å². The number of esters is 1. The van der Waals surface area contributed by atoms with E-state index in [2.05, 4.69) is 9.47 Å². The SMILES string of the molecule is CO/C=C(\C(=O)OC)C(=O)C(F)F. The maximum Gasteiger partial charge on any atom is 0.344 e. The molecule has 6 heteroatoms. The Labute approximate surface area is 73.1 Å². The molecule has 0 rings (SSSR count). The second-order valence-electron chi connectivity index (χ2n) is 1.92. The Morgan fingerprint density at radius 1 is 1.31 bits per heavy atom. The molecule has 13 heavy (non-hydrogen) atoms. The van der Waals surface area contributed by atoms with Crippen molar-refractivity contribution in [2.24, 2.45) is 0 Å². The molecule has 0 aliphatic carbocycles. The van der Waals surface area contributed by atoms with Gasteiger partial charge in [0.05, 0.1) is 14.2 Å². The predicted molar refractivity (Wildman–Crippen MR) is 38.1 cm³/mol. The van der Waals surface area contributed by atoms with Crippen LogP contribution in [-0.4, -0.2) is 32.4 Å². The van der Waals surface area contributed by atoms with Crippen LogP contribution < -0.4 is 0 Å². The monoisotopic (exact) mass is 194 g/mol. The lowest BCUT2D eigenvalue weighted by molar-refractivity contribution is -0.140. The molecule has 0 spiro atoms. The van der Waals surface area contributed by atoms with E-state index in [4.69, 9.17) is 0 Å². The summed E-state index contributed by atoms with van der Waals surface area (Å²) >= 11 is 0. The molecule has 0 amide bonds. The molecule has 0 saturated heterocycles. The summed E-state index contributed by atoms with van der Waals surface area (Å²) in [5, 5.41) is 0. The topological polar surface area (TPSA) is 52.6 Å². The van der Waals surface area contributed by atoms with Crippen LogP contribution >= 0.6 is 0 Å². The molecule has 0 saturated carbocycles. The third-order valence-electron chi connectivity index (χ3n) is 1.10. The van der Waals surface area contributed by atoms with Gasteiger partial charge in [0.1, 0.15) is 11.8 Å². The first-order chi connectivity index (χ1) is 6.04. The van der Waals surface area contributed by atoms with Gasteiger partial charge in [-0.2, -0.15) is 0 Å². The molecule has 0 bridgehead atoms. The molecular formula is C7H8F2O4. The largest absolute Gasteiger partial charge is 0.503 e. The number of hydrogen-bond acceptors (Lipinski definition) is 4. The number of carbonyl (C=O) groups excluding carboxylic acids is 2. The number of alkyl halides is 2. The van der Waals surface area contributed by atoms with Crippen molar-refractivity contribution in [3.05, 3.63) is 11.8 Å². The average Bonchev–Trinajstić information content (AvgIpc) is 2.11. The van der Waals surface area contributed by atoms with E-state index in [0.717, 1.165) is 14.2 Å². The van der Waals surface area contributed by atoms with Crippen molar-refractivity contribution in [3.63, 3.8) is 0 Å². The molecule has 0 heterocycles. The smallest absolute Gasteiger partial charge is 0.344 e. The lowest BCUT2D eigenvalue weighted by Gasteiger charge is -2.02. The Hall–Kier alpha value is -1.46. The van der Waals surface area contributed by atoms with E-state index in [-0.39, 0.29) is 0 Å². The molecule has 0 aromatic carbocycles. The van der Waals surface area contributed by atoms with E-state index in [1.807, 2.05) is 0 Å². The first kappa shape index (κ1) is 11.5. The maximum absolute atomic E-state index is 11.8. The van der Waals surface area contributed by atoms with Crippen LogP contribution in [0.3, 0.4) is 0 Å². The number of ether oxygens (including phenoxy) is 2. The summed E-state index contributed by atoms with van der Waals surface area (Å²) < 4.78 is 32.1. The van der Waals surface area contributed by atoms with Gasteiger partial charge < -0.3 is 9.47 Å². The zero-order valence-electron chi connectivity index (χ0n) is 7.04. The third kappa shape index (κ3) is 3.18. The molecule has 0 atom stereocenters. The number of carbonyl (C=O) groups is 2. The Kier molecular flexibility index (Phi) is 4.64. The summed E-state index contributed by atoms with van der Waals surface area (Å²) in [6, 6.07) is 0. The second-order valence-corrected chi connectivity index (χ2v) is 1.92. The van der Waals surface area contributed by atoms with Gasteiger partial charge in [0.25, 0.3) is 0 Å². The molecular weight excluding hydrogens is 186 g/mol. The van der Waals surface area contributed by atoms with Crippen molar-refractivity contribution in [2.75, 3.05) is 14.2 Å². The van der Waals surface area contributed by atoms with Gasteiger partial charge in [-0.1, -0.05) is 0 Å². The normalized spacial score (nSPS) is 11.3. The summed E-state index contributed by atoms with van der Waals surface area (Å²) in [5.74, 6) is -2.76. The fourth-order valence-corrected chi connectivity index (χ4v) is 0.552. The molecule has 0 radical (unpaired) electrons. The molecule has 0 unspecified atom stereocenters. The van der Waals surface area contributed by atoms with Crippen LogP contribution in [0.2, 0.25) is 0 Å². The van der Waals surface area contributed by atoms with Crippen molar-refractivity contribution >= 4 is 11.8 Å². The highest BCUT2D eigenvalue weighted by Crippen LogP contribution is 2.07. The average molecular weight is 194 g/mol. The van der Waals surface area contributed by atoms with Crippen molar-refractivity contribution < 1.29 is 27.8 Å². The minimum absolute atomic E-state index is 0.625. The van der Waals surface area contributed by atoms with Crippen molar-refractivity contribution in [3.8, 4) is 0 Å². The molecule has 4 nitrogen and oxygen atoms in total. The van der Waals surface area contributed by atoms with Gasteiger partial charge in [-0.15, -0.1) is 0 Å². The molecule has 0 fully saturated rings. The summed E-state index contributed by atoms with van der Waals surface area (Å²) in [5.41, 5.74) is -0.806. The van der Waals surface area contributed by atoms with E-state index in [9.17, 15) is 18.4 Å². The van der Waals surface area contributed by atoms with Crippen LogP contribution in [0.4, 0.5) is 8.78 Å². The van der Waals surface area contributed by atoms with Gasteiger partial charge in [-0.3, -0.25) is 4.79 Å². The van der Waals surface area contributed by atoms with E-state index in [1.54, 1.807) is 0 Å². The number of halogens is 2. The minimum atomic E-state index is -3.25. The fraction of sp³-hybridized carbons (Fsp3) is 0.429. The lowest BCUT2D eigenvalue weighted by atomic mass is 10.2. The Morgan fingerprint density at radius 2 is 1.85 bits per heavy atom. The first-order valence-corrected chi connectivity index (χ1v) is 3.18. The predicted octanol–water partition coefficient (Wildman–Crippen LogP) is 0.524. The van der Waals surface area contributed by atoms with E-state index >= 15 is 0 Å². The van der Waals surface area contributed by atoms with Crippen LogP contribution in [0.25, 0.3) is 0 Å². The van der Waals surface area contributed by atoms with Crippen LogP contribution in [0.15, 0.2) is 11.8 Å².